The first-order valence-corrected chi connectivity index (χ1v) is 11.9. The van der Waals surface area contributed by atoms with Crippen molar-refractivity contribution in [2.45, 2.75) is 64.4 Å². The molecule has 0 bridgehead atoms. The maximum absolute atomic E-state index is 12.9. The number of nitrogens with one attached hydrogen (secondary N) is 2. The summed E-state index contributed by atoms with van der Waals surface area (Å²) in [6, 6.07) is 12.7. The van der Waals surface area contributed by atoms with Gasteiger partial charge in [-0.2, -0.15) is 0 Å². The number of benzene rings is 2. The summed E-state index contributed by atoms with van der Waals surface area (Å²) in [5.74, 6) is 0.546. The van der Waals surface area contributed by atoms with Crippen LogP contribution in [0.15, 0.2) is 48.5 Å². The molecule has 0 saturated heterocycles. The Bertz CT molecular complexity index is 954. The van der Waals surface area contributed by atoms with Crippen LogP contribution < -0.4 is 20.1 Å². The molecule has 0 spiro atoms. The predicted octanol–water partition coefficient (Wildman–Crippen LogP) is 3.22. The minimum absolute atomic E-state index is 0.138. The van der Waals surface area contributed by atoms with Crippen LogP contribution in [0.5, 0.6) is 11.5 Å². The van der Waals surface area contributed by atoms with Crippen molar-refractivity contribution in [3.63, 3.8) is 0 Å². The van der Waals surface area contributed by atoms with Gasteiger partial charge in [0.2, 0.25) is 0 Å². The molecular weight excluding hydrogens is 464 g/mol. The minimum atomic E-state index is -1.33. The topological polar surface area (TPSA) is 115 Å². The van der Waals surface area contributed by atoms with E-state index in [1.54, 1.807) is 60.1 Å². The molecule has 0 heterocycles. The summed E-state index contributed by atoms with van der Waals surface area (Å²) >= 11 is 0. The fraction of sp³-hybridized carbons (Fsp3) is 0.481. The number of carbonyl (C=O) groups is 2. The predicted molar refractivity (Wildman–Crippen MR) is 136 cm³/mol. The van der Waals surface area contributed by atoms with E-state index in [2.05, 4.69) is 10.6 Å². The zero-order valence-corrected chi connectivity index (χ0v) is 21.9. The molecule has 2 aromatic carbocycles. The third-order valence-electron chi connectivity index (χ3n) is 5.23. The van der Waals surface area contributed by atoms with Crippen LogP contribution in [-0.2, 0) is 27.2 Å². The van der Waals surface area contributed by atoms with Crippen LogP contribution in [0.1, 0.15) is 38.8 Å². The number of rotatable bonds is 12. The van der Waals surface area contributed by atoms with E-state index >= 15 is 0 Å². The van der Waals surface area contributed by atoms with Crippen molar-refractivity contribution in [2.24, 2.45) is 0 Å². The SMILES string of the molecule is CCOC(=O)[C@H](NCc1cc(OC)cc(OC)c1)[C@H](O)[C@H](Cc1ccccc1)NC(=O)OC(C)(C)C. The summed E-state index contributed by atoms with van der Waals surface area (Å²) in [7, 11) is 3.10. The highest BCUT2D eigenvalue weighted by atomic mass is 16.6. The van der Waals surface area contributed by atoms with Gasteiger partial charge in [-0.15, -0.1) is 0 Å². The normalized spacial score (nSPS) is 13.8. The third-order valence-corrected chi connectivity index (χ3v) is 5.23. The number of hydrogen-bond acceptors (Lipinski definition) is 8. The van der Waals surface area contributed by atoms with Gasteiger partial charge in [0, 0.05) is 12.6 Å². The zero-order valence-electron chi connectivity index (χ0n) is 21.9. The maximum Gasteiger partial charge on any atom is 0.407 e. The van der Waals surface area contributed by atoms with E-state index in [1.165, 1.54) is 0 Å². The van der Waals surface area contributed by atoms with Crippen LogP contribution in [0, 0.1) is 0 Å². The van der Waals surface area contributed by atoms with E-state index in [9.17, 15) is 14.7 Å². The van der Waals surface area contributed by atoms with E-state index in [1.807, 2.05) is 30.3 Å². The second-order valence-electron chi connectivity index (χ2n) is 9.26. The Kier molecular flexibility index (Phi) is 11.0. The Hall–Kier alpha value is -3.30. The highest BCUT2D eigenvalue weighted by Crippen LogP contribution is 2.23. The molecule has 9 heteroatoms. The Balaban J connectivity index is 2.30. The first-order valence-electron chi connectivity index (χ1n) is 11.9. The van der Waals surface area contributed by atoms with Crippen molar-refractivity contribution < 1.29 is 33.6 Å². The van der Waals surface area contributed by atoms with Gasteiger partial charge in [0.05, 0.1) is 26.9 Å². The average Bonchev–Trinajstić information content (AvgIpc) is 2.83. The summed E-state index contributed by atoms with van der Waals surface area (Å²) < 4.78 is 21.3. The molecule has 0 fully saturated rings. The fourth-order valence-corrected chi connectivity index (χ4v) is 3.59. The molecule has 9 nitrogen and oxygen atoms in total. The van der Waals surface area contributed by atoms with Crippen molar-refractivity contribution in [1.82, 2.24) is 10.6 Å². The lowest BCUT2D eigenvalue weighted by Gasteiger charge is -2.31. The van der Waals surface area contributed by atoms with Crippen LogP contribution in [0.3, 0.4) is 0 Å². The molecule has 0 radical (unpaired) electrons. The van der Waals surface area contributed by atoms with Gasteiger partial charge in [-0.05, 0) is 57.4 Å². The van der Waals surface area contributed by atoms with Crippen LogP contribution in [0.2, 0.25) is 0 Å². The Morgan fingerprint density at radius 2 is 1.58 bits per heavy atom. The van der Waals surface area contributed by atoms with E-state index in [-0.39, 0.29) is 19.6 Å². The first kappa shape index (κ1) is 28.9. The van der Waals surface area contributed by atoms with Crippen molar-refractivity contribution in [1.29, 1.82) is 0 Å². The average molecular weight is 503 g/mol. The summed E-state index contributed by atoms with van der Waals surface area (Å²) in [5.41, 5.74) is 0.918. The Morgan fingerprint density at radius 1 is 0.972 bits per heavy atom. The number of esters is 1. The maximum atomic E-state index is 12.9. The summed E-state index contributed by atoms with van der Waals surface area (Å²) in [4.78, 5) is 25.5. The molecule has 3 N–H and O–H groups in total. The van der Waals surface area contributed by atoms with Gasteiger partial charge in [-0.1, -0.05) is 30.3 Å². The number of ether oxygens (including phenoxy) is 4. The third kappa shape index (κ3) is 9.39. The number of alkyl carbamates (subject to hydrolysis) is 1. The highest BCUT2D eigenvalue weighted by molar-refractivity contribution is 5.77. The molecule has 3 atom stereocenters. The standard InChI is InChI=1S/C27H38N2O7/c1-7-35-25(31)23(28-17-19-13-20(33-5)16-21(14-19)34-6)24(30)22(15-18-11-9-8-10-12-18)29-26(32)36-27(2,3)4/h8-14,16,22-24,28,30H,7,15,17H2,1-6H3,(H,29,32)/t22-,23+,24+/m0/s1. The molecule has 0 unspecified atom stereocenters. The number of carbonyl (C=O) groups excluding carboxylic acids is 2. The van der Waals surface area contributed by atoms with Gasteiger partial charge in [-0.3, -0.25) is 10.1 Å². The second kappa shape index (κ2) is 13.7. The molecular formula is C27H38N2O7. The van der Waals surface area contributed by atoms with Gasteiger partial charge in [-0.25, -0.2) is 4.79 Å². The Labute approximate surface area is 213 Å². The summed E-state index contributed by atoms with van der Waals surface area (Å²) in [6.45, 7) is 7.29. The largest absolute Gasteiger partial charge is 0.497 e. The Morgan fingerprint density at radius 3 is 2.11 bits per heavy atom. The molecule has 0 aromatic heterocycles. The van der Waals surface area contributed by atoms with E-state index in [4.69, 9.17) is 18.9 Å². The second-order valence-corrected chi connectivity index (χ2v) is 9.26. The van der Waals surface area contributed by atoms with Crippen molar-refractivity contribution in [2.75, 3.05) is 20.8 Å². The van der Waals surface area contributed by atoms with Crippen molar-refractivity contribution in [3.05, 3.63) is 59.7 Å². The fourth-order valence-electron chi connectivity index (χ4n) is 3.59. The number of amides is 1. The molecule has 0 aliphatic heterocycles. The van der Waals surface area contributed by atoms with Crippen LogP contribution in [-0.4, -0.2) is 61.8 Å². The van der Waals surface area contributed by atoms with E-state index in [0.717, 1.165) is 11.1 Å². The molecule has 0 saturated carbocycles. The lowest BCUT2D eigenvalue weighted by Crippen LogP contribution is -2.57. The van der Waals surface area contributed by atoms with Gasteiger partial charge in [0.25, 0.3) is 0 Å². The monoisotopic (exact) mass is 502 g/mol. The number of aliphatic hydroxyl groups excluding tert-OH is 1. The van der Waals surface area contributed by atoms with Gasteiger partial charge < -0.3 is 29.4 Å². The van der Waals surface area contributed by atoms with E-state index < -0.39 is 35.9 Å². The lowest BCUT2D eigenvalue weighted by molar-refractivity contribution is -0.149. The highest BCUT2D eigenvalue weighted by Gasteiger charge is 2.35. The van der Waals surface area contributed by atoms with E-state index in [0.29, 0.717) is 11.5 Å². The van der Waals surface area contributed by atoms with Crippen LogP contribution in [0.4, 0.5) is 4.79 Å². The molecule has 1 amide bonds. The number of aliphatic hydroxyl groups is 1. The molecule has 198 valence electrons. The molecule has 0 aliphatic rings. The lowest BCUT2D eigenvalue weighted by atomic mass is 9.96. The van der Waals surface area contributed by atoms with Crippen molar-refractivity contribution >= 4 is 12.1 Å². The number of hydrogen-bond donors (Lipinski definition) is 3. The van der Waals surface area contributed by atoms with Crippen LogP contribution in [0.25, 0.3) is 0 Å². The van der Waals surface area contributed by atoms with Gasteiger partial charge in [0.15, 0.2) is 0 Å². The molecule has 0 aliphatic carbocycles. The smallest absolute Gasteiger partial charge is 0.407 e. The summed E-state index contributed by atoms with van der Waals surface area (Å²) in [5, 5.41) is 17.2. The molecule has 2 rings (SSSR count). The van der Waals surface area contributed by atoms with Gasteiger partial charge in [0.1, 0.15) is 29.2 Å². The molecule has 36 heavy (non-hydrogen) atoms. The number of methoxy groups -OCH3 is 2. The quantitative estimate of drug-likeness (QED) is 0.379. The summed E-state index contributed by atoms with van der Waals surface area (Å²) in [6.07, 6.45) is -1.75. The van der Waals surface area contributed by atoms with Gasteiger partial charge >= 0.3 is 12.1 Å². The molecule has 2 aromatic rings. The van der Waals surface area contributed by atoms with Crippen molar-refractivity contribution in [3.8, 4) is 11.5 Å². The van der Waals surface area contributed by atoms with Crippen LogP contribution >= 0.6 is 0 Å². The zero-order chi connectivity index (χ0) is 26.7. The first-order chi connectivity index (χ1) is 17.1. The minimum Gasteiger partial charge on any atom is -0.497 e.